The molecule has 1 N–H and O–H groups in total. The molecule has 156 valence electrons. The molecule has 1 heterocycles. The maximum absolute atomic E-state index is 13.3. The van der Waals surface area contributed by atoms with Gasteiger partial charge in [-0.05, 0) is 53.8 Å². The Bertz CT molecular complexity index is 1030. The van der Waals surface area contributed by atoms with Crippen LogP contribution in [0.15, 0.2) is 36.4 Å². The van der Waals surface area contributed by atoms with Gasteiger partial charge in [-0.3, -0.25) is 14.4 Å². The molecule has 2 aromatic carbocycles. The van der Waals surface area contributed by atoms with E-state index in [-0.39, 0.29) is 37.2 Å². The summed E-state index contributed by atoms with van der Waals surface area (Å²) >= 11 is 0. The Morgan fingerprint density at radius 1 is 1.03 bits per heavy atom. The summed E-state index contributed by atoms with van der Waals surface area (Å²) in [6.45, 7) is 0.188. The maximum atomic E-state index is 13.3. The van der Waals surface area contributed by atoms with Gasteiger partial charge in [0.15, 0.2) is 5.78 Å². The Morgan fingerprint density at radius 3 is 2.50 bits per heavy atom. The van der Waals surface area contributed by atoms with Crippen LogP contribution in [0.2, 0.25) is 0 Å². The number of halogens is 2. The van der Waals surface area contributed by atoms with Crippen molar-refractivity contribution in [3.05, 3.63) is 64.7 Å². The molecule has 5 nitrogen and oxygen atoms in total. The van der Waals surface area contributed by atoms with Crippen LogP contribution in [-0.4, -0.2) is 34.7 Å². The highest BCUT2D eigenvalue weighted by molar-refractivity contribution is 6.17. The predicted molar refractivity (Wildman–Crippen MR) is 105 cm³/mol. The van der Waals surface area contributed by atoms with Gasteiger partial charge in [-0.2, -0.15) is 0 Å². The minimum absolute atomic E-state index is 0.0238. The van der Waals surface area contributed by atoms with Crippen molar-refractivity contribution in [1.29, 1.82) is 0 Å². The molecule has 0 saturated carbocycles. The first-order chi connectivity index (χ1) is 14.3. The first kappa shape index (κ1) is 20.3. The number of amides is 1. The van der Waals surface area contributed by atoms with Crippen LogP contribution in [0, 0.1) is 11.6 Å². The zero-order valence-corrected chi connectivity index (χ0v) is 16.3. The van der Waals surface area contributed by atoms with Gasteiger partial charge in [0, 0.05) is 44.0 Å². The molecule has 0 radical (unpaired) electrons. The van der Waals surface area contributed by atoms with E-state index in [9.17, 15) is 28.3 Å². The largest absolute Gasteiger partial charge is 0.373 e. The van der Waals surface area contributed by atoms with Crippen molar-refractivity contribution in [3.8, 4) is 0 Å². The second-order valence-corrected chi connectivity index (χ2v) is 7.94. The summed E-state index contributed by atoms with van der Waals surface area (Å²) in [5, 5.41) is 10.8. The van der Waals surface area contributed by atoms with E-state index in [0.717, 1.165) is 29.3 Å². The third-order valence-corrected chi connectivity index (χ3v) is 5.88. The van der Waals surface area contributed by atoms with Gasteiger partial charge in [-0.1, -0.05) is 6.07 Å². The Balaban J connectivity index is 1.47. The van der Waals surface area contributed by atoms with Gasteiger partial charge in [0.05, 0.1) is 0 Å². The molecule has 0 spiro atoms. The molecule has 2 aliphatic rings. The third-order valence-electron chi connectivity index (χ3n) is 5.88. The molecule has 1 fully saturated rings. The molecule has 1 aliphatic carbocycles. The summed E-state index contributed by atoms with van der Waals surface area (Å²) < 4.78 is 26.6. The summed E-state index contributed by atoms with van der Waals surface area (Å²) in [5.74, 6) is -2.65. The molecule has 0 bridgehead atoms. The van der Waals surface area contributed by atoms with Crippen LogP contribution >= 0.6 is 0 Å². The fourth-order valence-electron chi connectivity index (χ4n) is 4.19. The zero-order chi connectivity index (χ0) is 21.5. The van der Waals surface area contributed by atoms with Crippen molar-refractivity contribution in [2.75, 3.05) is 11.4 Å². The number of aliphatic hydroxyl groups is 1. The lowest BCUT2D eigenvalue weighted by molar-refractivity contribution is -0.147. The number of hydrogen-bond acceptors (Lipinski definition) is 4. The van der Waals surface area contributed by atoms with E-state index >= 15 is 0 Å². The summed E-state index contributed by atoms with van der Waals surface area (Å²) in [6, 6.07) is 8.37. The number of Topliss-reactive ketones (excluding diaryl/α,β-unsaturated/α-hetero) is 2. The summed E-state index contributed by atoms with van der Waals surface area (Å²) in [4.78, 5) is 38.5. The molecule has 1 amide bonds. The Kier molecular flexibility index (Phi) is 5.24. The summed E-state index contributed by atoms with van der Waals surface area (Å²) in [7, 11) is 0. The predicted octanol–water partition coefficient (Wildman–Crippen LogP) is 2.69. The van der Waals surface area contributed by atoms with Crippen LogP contribution in [0.5, 0.6) is 0 Å². The van der Waals surface area contributed by atoms with Crippen LogP contribution in [0.3, 0.4) is 0 Å². The van der Waals surface area contributed by atoms with Crippen LogP contribution in [0.4, 0.5) is 14.5 Å². The minimum Gasteiger partial charge on any atom is -0.373 e. The fourth-order valence-corrected chi connectivity index (χ4v) is 4.19. The quantitative estimate of drug-likeness (QED) is 0.765. The number of nitrogens with zero attached hydrogens (tertiary/aromatic N) is 1. The second-order valence-electron chi connectivity index (χ2n) is 7.94. The van der Waals surface area contributed by atoms with E-state index in [2.05, 4.69) is 0 Å². The van der Waals surface area contributed by atoms with Gasteiger partial charge in [0.2, 0.25) is 5.60 Å². The number of benzene rings is 2. The number of carbonyl (C=O) groups is 3. The fraction of sp³-hybridized carbons (Fsp3) is 0.348. The molecule has 30 heavy (non-hydrogen) atoms. The lowest BCUT2D eigenvalue weighted by Gasteiger charge is -2.23. The first-order valence-corrected chi connectivity index (χ1v) is 9.92. The van der Waals surface area contributed by atoms with E-state index < -0.39 is 28.9 Å². The molecular weight excluding hydrogens is 392 g/mol. The van der Waals surface area contributed by atoms with Crippen LogP contribution in [0.25, 0.3) is 0 Å². The normalized spacial score (nSPS) is 21.1. The van der Waals surface area contributed by atoms with E-state index in [1.165, 1.54) is 4.90 Å². The Labute approximate surface area is 172 Å². The van der Waals surface area contributed by atoms with Crippen molar-refractivity contribution in [2.24, 2.45) is 0 Å². The Morgan fingerprint density at radius 2 is 1.77 bits per heavy atom. The second kappa shape index (κ2) is 7.72. The monoisotopic (exact) mass is 413 g/mol. The van der Waals surface area contributed by atoms with E-state index in [4.69, 9.17) is 0 Å². The number of rotatable bonds is 5. The molecule has 0 aromatic heterocycles. The topological polar surface area (TPSA) is 74.7 Å². The highest BCUT2D eigenvalue weighted by Crippen LogP contribution is 2.32. The van der Waals surface area contributed by atoms with Gasteiger partial charge in [0.25, 0.3) is 5.91 Å². The van der Waals surface area contributed by atoms with Crippen LogP contribution < -0.4 is 4.90 Å². The van der Waals surface area contributed by atoms with Crippen molar-refractivity contribution < 1.29 is 28.3 Å². The van der Waals surface area contributed by atoms with E-state index in [0.29, 0.717) is 24.9 Å². The smallest absolute Gasteiger partial charge is 0.266 e. The molecular formula is C23H21F2NO4. The van der Waals surface area contributed by atoms with Crippen molar-refractivity contribution in [1.82, 2.24) is 0 Å². The molecule has 1 saturated heterocycles. The summed E-state index contributed by atoms with van der Waals surface area (Å²) in [5.41, 5.74) is 0.669. The summed E-state index contributed by atoms with van der Waals surface area (Å²) in [6.07, 6.45) is 1.23. The van der Waals surface area contributed by atoms with Crippen molar-refractivity contribution in [3.63, 3.8) is 0 Å². The first-order valence-electron chi connectivity index (χ1n) is 9.92. The van der Waals surface area contributed by atoms with Gasteiger partial charge in [-0.25, -0.2) is 8.78 Å². The number of hydrogen-bond donors (Lipinski definition) is 1. The standard InChI is InChI=1S/C23H21F2NO4/c24-17-9-14(10-18(25)13-17)1-6-21(28)23(30)7-8-26(22(23)29)19-4-2-16-12-20(27)5-3-15(16)11-19/h2,4,9-11,13,30H,1,3,5-8,12H2/t23-/m0/s1. The Hall–Kier alpha value is -2.93. The number of anilines is 1. The molecule has 1 aliphatic heterocycles. The average Bonchev–Trinajstić information content (AvgIpc) is 3.01. The van der Waals surface area contributed by atoms with Crippen molar-refractivity contribution in [2.45, 2.75) is 44.1 Å². The molecule has 1 atom stereocenters. The van der Waals surface area contributed by atoms with E-state index in [1.807, 2.05) is 12.1 Å². The number of ketones is 2. The lowest BCUT2D eigenvalue weighted by atomic mass is 9.90. The van der Waals surface area contributed by atoms with E-state index in [1.54, 1.807) is 6.07 Å². The highest BCUT2D eigenvalue weighted by atomic mass is 19.1. The lowest BCUT2D eigenvalue weighted by Crippen LogP contribution is -2.47. The minimum atomic E-state index is -2.14. The number of aryl methyl sites for hydroxylation is 2. The highest BCUT2D eigenvalue weighted by Gasteiger charge is 2.50. The molecule has 4 rings (SSSR count). The zero-order valence-electron chi connectivity index (χ0n) is 16.3. The van der Waals surface area contributed by atoms with Gasteiger partial charge in [0.1, 0.15) is 17.4 Å². The SMILES string of the molecule is O=C1CCc2cc(N3CC[C@](O)(C(=O)CCc4cc(F)cc(F)c4)C3=O)ccc2C1. The number of fused-ring (bicyclic) bond motifs is 1. The molecule has 2 aromatic rings. The maximum Gasteiger partial charge on any atom is 0.266 e. The third kappa shape index (κ3) is 3.77. The van der Waals surface area contributed by atoms with Crippen LogP contribution in [0.1, 0.15) is 36.0 Å². The molecule has 7 heteroatoms. The average molecular weight is 413 g/mol. The van der Waals surface area contributed by atoms with Gasteiger partial charge < -0.3 is 10.0 Å². The van der Waals surface area contributed by atoms with Gasteiger partial charge >= 0.3 is 0 Å². The molecule has 0 unspecified atom stereocenters. The van der Waals surface area contributed by atoms with Crippen LogP contribution in [-0.2, 0) is 33.6 Å². The van der Waals surface area contributed by atoms with Gasteiger partial charge in [-0.15, -0.1) is 0 Å². The number of carbonyl (C=O) groups excluding carboxylic acids is 3. The van der Waals surface area contributed by atoms with Crippen molar-refractivity contribution >= 4 is 23.2 Å².